The van der Waals surface area contributed by atoms with E-state index in [9.17, 15) is 13.2 Å². The van der Waals surface area contributed by atoms with Crippen molar-refractivity contribution >= 4 is 38.1 Å². The first-order valence-corrected chi connectivity index (χ1v) is 14.4. The minimum absolute atomic E-state index is 0.200. The summed E-state index contributed by atoms with van der Waals surface area (Å²) in [5.41, 5.74) is 1.97. The van der Waals surface area contributed by atoms with E-state index in [-0.39, 0.29) is 11.5 Å². The maximum Gasteiger partial charge on any atom is 0.333 e. The molecule has 2 aliphatic heterocycles. The zero-order valence-electron chi connectivity index (χ0n) is 21.7. The summed E-state index contributed by atoms with van der Waals surface area (Å²) < 4.78 is 40.6. The van der Waals surface area contributed by atoms with Gasteiger partial charge in [-0.3, -0.25) is 0 Å². The smallest absolute Gasteiger partial charge is 0.333 e. The Morgan fingerprint density at radius 3 is 2.66 bits per heavy atom. The highest BCUT2D eigenvalue weighted by atomic mass is 32.2. The molecule has 0 radical (unpaired) electrons. The molecule has 0 unspecified atom stereocenters. The molecule has 3 aromatic carbocycles. The number of hydrogen-bond donors (Lipinski definition) is 0. The van der Waals surface area contributed by atoms with Crippen LogP contribution in [0.3, 0.4) is 0 Å². The molecule has 0 N–H and O–H groups in total. The van der Waals surface area contributed by atoms with E-state index in [0.29, 0.717) is 50.8 Å². The average Bonchev–Trinajstić information content (AvgIpc) is 3.16. The second-order valence-corrected chi connectivity index (χ2v) is 11.2. The lowest BCUT2D eigenvalue weighted by atomic mass is 10.1. The van der Waals surface area contributed by atoms with Crippen molar-refractivity contribution in [3.05, 3.63) is 65.3 Å². The summed E-state index contributed by atoms with van der Waals surface area (Å²) in [6.07, 6.45) is 5.75. The van der Waals surface area contributed by atoms with Crippen LogP contribution in [0.5, 0.6) is 11.5 Å². The van der Waals surface area contributed by atoms with E-state index < -0.39 is 16.0 Å². The lowest BCUT2D eigenvalue weighted by Gasteiger charge is -2.26. The SMILES string of the molecule is C=C(C)C(=O)OCCN(CCCCCCC)c1ccc2c(c1)Oc1cc3c4c(cccc4c1=N2)S(=O)(=O)N=3. The Hall–Kier alpha value is -3.72. The summed E-state index contributed by atoms with van der Waals surface area (Å²) >= 11 is 0. The summed E-state index contributed by atoms with van der Waals surface area (Å²) in [7, 11) is -3.73. The number of benzene rings is 3. The van der Waals surface area contributed by atoms with Gasteiger partial charge in [0, 0.05) is 40.7 Å². The van der Waals surface area contributed by atoms with Crippen molar-refractivity contribution in [2.24, 2.45) is 9.39 Å². The number of fused-ring (bicyclic) bond motifs is 3. The van der Waals surface area contributed by atoms with E-state index in [1.165, 1.54) is 19.3 Å². The van der Waals surface area contributed by atoms with Crippen molar-refractivity contribution in [1.82, 2.24) is 0 Å². The molecule has 3 aromatic rings. The van der Waals surface area contributed by atoms with Gasteiger partial charge in [-0.2, -0.15) is 12.8 Å². The van der Waals surface area contributed by atoms with Crippen LogP contribution in [0.1, 0.15) is 46.0 Å². The molecule has 5 rings (SSSR count). The van der Waals surface area contributed by atoms with Crippen molar-refractivity contribution in [3.8, 4) is 11.5 Å². The molecule has 0 spiro atoms. The Kier molecular flexibility index (Phi) is 7.21. The third-order valence-corrected chi connectivity index (χ3v) is 8.10. The summed E-state index contributed by atoms with van der Waals surface area (Å²) in [4.78, 5) is 19.1. The van der Waals surface area contributed by atoms with E-state index in [0.717, 1.165) is 25.1 Å². The number of sulfonamides is 1. The van der Waals surface area contributed by atoms with Crippen LogP contribution in [-0.2, 0) is 19.6 Å². The number of carbonyl (C=O) groups is 1. The van der Waals surface area contributed by atoms with Gasteiger partial charge in [-0.05, 0) is 31.5 Å². The van der Waals surface area contributed by atoms with Crippen LogP contribution in [0.4, 0.5) is 11.4 Å². The fraction of sp³-hybridized carbons (Fsp3) is 0.345. The third-order valence-electron chi connectivity index (χ3n) is 6.77. The summed E-state index contributed by atoms with van der Waals surface area (Å²) in [5, 5.41) is 2.25. The molecule has 0 fully saturated rings. The molecule has 198 valence electrons. The molecule has 38 heavy (non-hydrogen) atoms. The van der Waals surface area contributed by atoms with Crippen LogP contribution in [0, 0.1) is 0 Å². The molecule has 0 aliphatic carbocycles. The number of rotatable bonds is 11. The molecule has 0 amide bonds. The van der Waals surface area contributed by atoms with Crippen LogP contribution in [0.15, 0.2) is 68.9 Å². The molecule has 0 atom stereocenters. The molecule has 0 aromatic heterocycles. The Morgan fingerprint density at radius 1 is 1.05 bits per heavy atom. The fourth-order valence-corrected chi connectivity index (χ4v) is 6.03. The minimum Gasteiger partial charge on any atom is -0.460 e. The number of anilines is 1. The number of unbranched alkanes of at least 4 members (excludes halogenated alkanes) is 4. The van der Waals surface area contributed by atoms with Gasteiger partial charge in [-0.1, -0.05) is 51.3 Å². The van der Waals surface area contributed by atoms with Crippen LogP contribution in [-0.4, -0.2) is 34.1 Å². The number of hydrogen-bond acceptors (Lipinski definition) is 7. The molecule has 2 aliphatic rings. The molecular formula is C29H31N3O5S. The topological polar surface area (TPSA) is 97.6 Å². The summed E-state index contributed by atoms with van der Waals surface area (Å²) in [6, 6.07) is 12.6. The van der Waals surface area contributed by atoms with Gasteiger partial charge in [0.15, 0.2) is 11.5 Å². The van der Waals surface area contributed by atoms with Gasteiger partial charge in [0.2, 0.25) is 0 Å². The maximum absolute atomic E-state index is 12.5. The summed E-state index contributed by atoms with van der Waals surface area (Å²) in [6.45, 7) is 9.07. The van der Waals surface area contributed by atoms with Crippen LogP contribution in [0.2, 0.25) is 0 Å². The van der Waals surface area contributed by atoms with E-state index in [4.69, 9.17) is 14.5 Å². The molecule has 0 saturated heterocycles. The highest BCUT2D eigenvalue weighted by Crippen LogP contribution is 2.38. The van der Waals surface area contributed by atoms with Crippen molar-refractivity contribution in [2.45, 2.75) is 50.8 Å². The van der Waals surface area contributed by atoms with Gasteiger partial charge in [0.05, 0.1) is 16.8 Å². The minimum atomic E-state index is -3.73. The van der Waals surface area contributed by atoms with Gasteiger partial charge >= 0.3 is 5.97 Å². The van der Waals surface area contributed by atoms with E-state index in [2.05, 4.69) is 22.8 Å². The van der Waals surface area contributed by atoms with Gasteiger partial charge in [0.25, 0.3) is 10.0 Å². The Bertz CT molecular complexity index is 1660. The van der Waals surface area contributed by atoms with Crippen molar-refractivity contribution in [1.29, 1.82) is 0 Å². The lowest BCUT2D eigenvalue weighted by molar-refractivity contribution is -0.138. The second-order valence-electron chi connectivity index (χ2n) is 9.67. The van der Waals surface area contributed by atoms with Crippen LogP contribution in [0.25, 0.3) is 10.8 Å². The first-order chi connectivity index (χ1) is 18.3. The molecule has 0 saturated carbocycles. The highest BCUT2D eigenvalue weighted by Gasteiger charge is 2.27. The van der Waals surface area contributed by atoms with Gasteiger partial charge in [-0.15, -0.1) is 0 Å². The standard InChI is InChI=1S/C29H31N3O5S/c1-4-5-6-7-8-14-32(15-16-36-29(33)19(2)3)20-12-13-22-24(17-20)37-25-18-23-27-21(28(25)30-22)10-9-11-26(27)38(34,35)31-23/h9-13,17-18H,2,4-8,14-16H2,1,3H3. The molecule has 9 heteroatoms. The highest BCUT2D eigenvalue weighted by molar-refractivity contribution is 7.90. The fourth-order valence-electron chi connectivity index (χ4n) is 4.81. The Morgan fingerprint density at radius 2 is 1.87 bits per heavy atom. The van der Waals surface area contributed by atoms with E-state index in [1.54, 1.807) is 25.1 Å². The number of nitrogens with zero attached hydrogens (tertiary/aromatic N) is 3. The first-order valence-electron chi connectivity index (χ1n) is 13.0. The Labute approximate surface area is 222 Å². The number of esters is 1. The molecule has 2 heterocycles. The zero-order valence-corrected chi connectivity index (χ0v) is 22.5. The predicted molar refractivity (Wildman–Crippen MR) is 146 cm³/mol. The second kappa shape index (κ2) is 10.6. The van der Waals surface area contributed by atoms with Gasteiger partial charge in [0.1, 0.15) is 17.7 Å². The predicted octanol–water partition coefficient (Wildman–Crippen LogP) is 5.11. The van der Waals surface area contributed by atoms with Crippen molar-refractivity contribution in [2.75, 3.05) is 24.6 Å². The number of carbonyl (C=O) groups excluding carboxylic acids is 1. The normalized spacial score (nSPS) is 14.1. The average molecular weight is 534 g/mol. The first kappa shape index (κ1) is 25.9. The quantitative estimate of drug-likeness (QED) is 0.151. The molecule has 0 bridgehead atoms. The maximum atomic E-state index is 12.5. The van der Waals surface area contributed by atoms with E-state index >= 15 is 0 Å². The number of ether oxygens (including phenoxy) is 2. The molecule has 8 nitrogen and oxygen atoms in total. The zero-order chi connectivity index (χ0) is 26.9. The third kappa shape index (κ3) is 5.03. The monoisotopic (exact) mass is 533 g/mol. The van der Waals surface area contributed by atoms with Crippen molar-refractivity contribution in [3.63, 3.8) is 0 Å². The van der Waals surface area contributed by atoms with Crippen LogP contribution >= 0.6 is 0 Å². The Balaban J connectivity index is 1.44. The molecular weight excluding hydrogens is 502 g/mol. The van der Waals surface area contributed by atoms with Crippen molar-refractivity contribution < 1.29 is 22.7 Å². The largest absolute Gasteiger partial charge is 0.460 e. The van der Waals surface area contributed by atoms with Gasteiger partial charge < -0.3 is 14.4 Å². The van der Waals surface area contributed by atoms with Gasteiger partial charge in [-0.25, -0.2) is 9.79 Å². The van der Waals surface area contributed by atoms with E-state index in [1.807, 2.05) is 24.3 Å². The lowest BCUT2D eigenvalue weighted by Crippen LogP contribution is -2.29. The van der Waals surface area contributed by atoms with Crippen LogP contribution < -0.4 is 20.4 Å². The summed E-state index contributed by atoms with van der Waals surface area (Å²) in [5.74, 6) is 0.651.